The van der Waals surface area contributed by atoms with Crippen LogP contribution in [0.3, 0.4) is 0 Å². The second kappa shape index (κ2) is 7.07. The molecule has 1 aliphatic rings. The van der Waals surface area contributed by atoms with E-state index in [1.165, 1.54) is 9.21 Å². The van der Waals surface area contributed by atoms with Crippen molar-refractivity contribution in [3.05, 3.63) is 35.9 Å². The Labute approximate surface area is 147 Å². The highest BCUT2D eigenvalue weighted by molar-refractivity contribution is 7.86. The van der Waals surface area contributed by atoms with Gasteiger partial charge in [0.15, 0.2) is 0 Å². The fraction of sp³-hybridized carbons (Fsp3) is 0.533. The summed E-state index contributed by atoms with van der Waals surface area (Å²) in [5, 5.41) is 2.41. The predicted molar refractivity (Wildman–Crippen MR) is 92.5 cm³/mol. The van der Waals surface area contributed by atoms with E-state index >= 15 is 0 Å². The highest BCUT2D eigenvalue weighted by atomic mass is 32.2. The zero-order valence-electron chi connectivity index (χ0n) is 13.6. The summed E-state index contributed by atoms with van der Waals surface area (Å²) >= 11 is 5.33. The van der Waals surface area contributed by atoms with Gasteiger partial charge in [0.25, 0.3) is 0 Å². The van der Waals surface area contributed by atoms with Gasteiger partial charge in [0.1, 0.15) is 21.3 Å². The number of benzene rings is 1. The van der Waals surface area contributed by atoms with Crippen molar-refractivity contribution in [2.45, 2.75) is 30.9 Å². The van der Waals surface area contributed by atoms with E-state index in [1.54, 1.807) is 20.9 Å². The summed E-state index contributed by atoms with van der Waals surface area (Å²) in [5.41, 5.74) is -0.205. The first-order valence-corrected chi connectivity index (χ1v) is 8.92. The summed E-state index contributed by atoms with van der Waals surface area (Å²) in [5.74, 6) is 0. The van der Waals surface area contributed by atoms with Crippen LogP contribution in [0.15, 0.2) is 30.3 Å². The van der Waals surface area contributed by atoms with Crippen LogP contribution in [0.5, 0.6) is 0 Å². The first kappa shape index (κ1) is 19.3. The summed E-state index contributed by atoms with van der Waals surface area (Å²) < 4.78 is 52.7. The van der Waals surface area contributed by atoms with Crippen molar-refractivity contribution in [1.82, 2.24) is 14.5 Å². The fourth-order valence-electron chi connectivity index (χ4n) is 2.58. The minimum absolute atomic E-state index is 0.122. The van der Waals surface area contributed by atoms with Gasteiger partial charge in [-0.05, 0) is 26.5 Å². The van der Waals surface area contributed by atoms with Crippen LogP contribution in [0, 0.1) is 0 Å². The molecule has 0 spiro atoms. The van der Waals surface area contributed by atoms with Crippen molar-refractivity contribution in [1.29, 1.82) is 0 Å². The Morgan fingerprint density at radius 1 is 1.33 bits per heavy atom. The predicted octanol–water partition coefficient (Wildman–Crippen LogP) is 2.81. The molecule has 1 N–H and O–H groups in total. The van der Waals surface area contributed by atoms with E-state index in [2.05, 4.69) is 5.32 Å². The van der Waals surface area contributed by atoms with Crippen LogP contribution in [0.2, 0.25) is 0 Å². The zero-order chi connectivity index (χ0) is 18.1. The second-order valence-electron chi connectivity index (χ2n) is 6.05. The van der Waals surface area contributed by atoms with Crippen LogP contribution in [0.25, 0.3) is 0 Å². The molecule has 1 fully saturated rings. The lowest BCUT2D eigenvalue weighted by atomic mass is 10.1. The van der Waals surface area contributed by atoms with Crippen LogP contribution in [-0.4, -0.2) is 50.4 Å². The average Bonchev–Trinajstić information content (AvgIpc) is 2.71. The van der Waals surface area contributed by atoms with Crippen LogP contribution in [-0.2, 0) is 11.0 Å². The molecule has 1 aromatic carbocycles. The van der Waals surface area contributed by atoms with Crippen molar-refractivity contribution in [3.8, 4) is 0 Å². The van der Waals surface area contributed by atoms with Gasteiger partial charge in [-0.25, -0.2) is 4.21 Å². The van der Waals surface area contributed by atoms with Crippen molar-refractivity contribution in [2.75, 3.05) is 20.3 Å². The molecule has 4 nitrogen and oxygen atoms in total. The topological polar surface area (TPSA) is 35.6 Å². The minimum Gasteiger partial charge on any atom is -0.301 e. The Morgan fingerprint density at radius 3 is 2.42 bits per heavy atom. The van der Waals surface area contributed by atoms with Crippen molar-refractivity contribution < 1.29 is 17.4 Å². The number of thiocarbonyl (C=S) groups is 1. The average molecular weight is 379 g/mol. The molecular formula is C15H20F3N3OS2. The molecule has 0 aliphatic carbocycles. The van der Waals surface area contributed by atoms with Gasteiger partial charge in [-0.15, -0.1) is 0 Å². The van der Waals surface area contributed by atoms with E-state index in [-0.39, 0.29) is 11.7 Å². The van der Waals surface area contributed by atoms with Crippen LogP contribution >= 0.6 is 12.2 Å². The van der Waals surface area contributed by atoms with Crippen molar-refractivity contribution >= 4 is 28.2 Å². The molecule has 0 aromatic heterocycles. The van der Waals surface area contributed by atoms with Crippen LogP contribution < -0.4 is 5.32 Å². The highest BCUT2D eigenvalue weighted by Gasteiger charge is 2.49. The molecule has 2 unspecified atom stereocenters. The van der Waals surface area contributed by atoms with Gasteiger partial charge in [-0.3, -0.25) is 9.21 Å². The number of hydrogen-bond acceptors (Lipinski definition) is 4. The first-order chi connectivity index (χ1) is 11.1. The lowest BCUT2D eigenvalue weighted by Gasteiger charge is -2.29. The smallest absolute Gasteiger partial charge is 0.301 e. The lowest BCUT2D eigenvalue weighted by molar-refractivity contribution is -0.151. The standard InChI is InChI=1S/C15H20F3N3OS2/c1-14(2)13(23)21(10-20(14)9-15(16,17)18)24(22)12(19-3)11-7-5-4-6-8-11/h4-8,12,19H,9-10H2,1-3H3. The number of halogens is 3. The molecule has 0 saturated carbocycles. The maximum atomic E-state index is 13.0. The maximum Gasteiger partial charge on any atom is 0.401 e. The molecule has 134 valence electrons. The molecule has 0 radical (unpaired) electrons. The van der Waals surface area contributed by atoms with Gasteiger partial charge in [0.2, 0.25) is 0 Å². The van der Waals surface area contributed by atoms with Gasteiger partial charge in [0, 0.05) is 0 Å². The molecule has 2 rings (SSSR count). The van der Waals surface area contributed by atoms with Gasteiger partial charge in [-0.1, -0.05) is 42.5 Å². The van der Waals surface area contributed by atoms with Crippen LogP contribution in [0.4, 0.5) is 13.2 Å². The van der Waals surface area contributed by atoms with Crippen molar-refractivity contribution in [2.24, 2.45) is 0 Å². The number of hydrogen-bond donors (Lipinski definition) is 1. The van der Waals surface area contributed by atoms with E-state index in [9.17, 15) is 17.4 Å². The van der Waals surface area contributed by atoms with Gasteiger partial charge >= 0.3 is 6.18 Å². The summed E-state index contributed by atoms with van der Waals surface area (Å²) in [7, 11) is 0.0221. The van der Waals surface area contributed by atoms with E-state index in [1.807, 2.05) is 30.3 Å². The Hall–Kier alpha value is -1.03. The minimum atomic E-state index is -4.34. The van der Waals surface area contributed by atoms with Gasteiger partial charge in [0.05, 0.1) is 18.8 Å². The third-order valence-electron chi connectivity index (χ3n) is 3.99. The van der Waals surface area contributed by atoms with E-state index in [0.29, 0.717) is 0 Å². The summed E-state index contributed by atoms with van der Waals surface area (Å²) in [4.78, 5) is 1.45. The summed E-state index contributed by atoms with van der Waals surface area (Å²) in [6.45, 7) is 2.02. The van der Waals surface area contributed by atoms with Gasteiger partial charge in [-0.2, -0.15) is 13.2 Å². The molecule has 1 heterocycles. The molecule has 1 aromatic rings. The summed E-state index contributed by atoms with van der Waals surface area (Å²) in [6.07, 6.45) is -4.34. The molecule has 9 heteroatoms. The van der Waals surface area contributed by atoms with Crippen molar-refractivity contribution in [3.63, 3.8) is 0 Å². The normalized spacial score (nSPS) is 21.1. The van der Waals surface area contributed by atoms with E-state index < -0.39 is 34.6 Å². The molecule has 24 heavy (non-hydrogen) atoms. The molecule has 1 saturated heterocycles. The number of rotatable bonds is 5. The molecule has 1 aliphatic heterocycles. The van der Waals surface area contributed by atoms with E-state index in [0.717, 1.165) is 5.56 Å². The third kappa shape index (κ3) is 3.96. The first-order valence-electron chi connectivity index (χ1n) is 7.34. The Bertz CT molecular complexity index is 622. The monoisotopic (exact) mass is 379 g/mol. The largest absolute Gasteiger partial charge is 0.401 e. The Balaban J connectivity index is 2.25. The lowest BCUT2D eigenvalue weighted by Crippen LogP contribution is -2.46. The highest BCUT2D eigenvalue weighted by Crippen LogP contribution is 2.33. The SMILES string of the molecule is CNC(c1ccccc1)S(=O)N1CN(CC(F)(F)F)C(C)(C)C1=S. The summed E-state index contributed by atoms with van der Waals surface area (Å²) in [6, 6.07) is 9.11. The number of nitrogens with one attached hydrogen (secondary N) is 1. The van der Waals surface area contributed by atoms with Crippen LogP contribution in [0.1, 0.15) is 24.8 Å². The molecule has 2 atom stereocenters. The van der Waals surface area contributed by atoms with Gasteiger partial charge < -0.3 is 5.32 Å². The van der Waals surface area contributed by atoms with E-state index in [4.69, 9.17) is 12.2 Å². The molecule has 0 amide bonds. The number of alkyl halides is 3. The Kier molecular flexibility index (Phi) is 5.68. The molecule has 0 bridgehead atoms. The fourth-order valence-corrected chi connectivity index (χ4v) is 4.47. The maximum absolute atomic E-state index is 13.0. The zero-order valence-corrected chi connectivity index (χ0v) is 15.3. The Morgan fingerprint density at radius 2 is 1.92 bits per heavy atom. The second-order valence-corrected chi connectivity index (χ2v) is 7.90. The third-order valence-corrected chi connectivity index (χ3v) is 6.47. The number of nitrogens with zero attached hydrogens (tertiary/aromatic N) is 2. The molecular weight excluding hydrogens is 359 g/mol. The quantitative estimate of drug-likeness (QED) is 0.798.